The Balaban J connectivity index is 1.76. The summed E-state index contributed by atoms with van der Waals surface area (Å²) in [4.78, 5) is 0. The summed E-state index contributed by atoms with van der Waals surface area (Å²) >= 11 is 6.28. The molecule has 1 aromatic rings. The van der Waals surface area contributed by atoms with Gasteiger partial charge in [0.15, 0.2) is 0 Å². The maximum atomic E-state index is 6.28. The van der Waals surface area contributed by atoms with Crippen LogP contribution in [0, 0.1) is 0 Å². The Hall–Kier alpha value is -0.990. The number of hydrogen-bond acceptors (Lipinski definition) is 2. The lowest BCUT2D eigenvalue weighted by Gasteiger charge is -2.17. The molecule has 2 nitrogen and oxygen atoms in total. The highest BCUT2D eigenvalue weighted by molar-refractivity contribution is 6.13. The molecule has 1 aliphatic rings. The van der Waals surface area contributed by atoms with E-state index in [1.54, 1.807) is 12.7 Å². The quantitative estimate of drug-likeness (QED) is 0.560. The van der Waals surface area contributed by atoms with E-state index in [9.17, 15) is 0 Å². The summed E-state index contributed by atoms with van der Waals surface area (Å²) in [5, 5.41) is 0. The summed E-state index contributed by atoms with van der Waals surface area (Å²) < 4.78 is 7.02. The zero-order chi connectivity index (χ0) is 13.5. The van der Waals surface area contributed by atoms with Crippen molar-refractivity contribution in [2.24, 2.45) is 0 Å². The van der Waals surface area contributed by atoms with Crippen molar-refractivity contribution in [2.45, 2.75) is 38.6 Å². The molecule has 0 bridgehead atoms. The Bertz CT molecular complexity index is 413. The summed E-state index contributed by atoms with van der Waals surface area (Å²) in [6, 6.07) is 8.08. The summed E-state index contributed by atoms with van der Waals surface area (Å²) in [6.07, 6.45) is 8.68. The number of benzene rings is 1. The minimum Gasteiger partial charge on any atom is -0.497 e. The molecular weight excluding hydrogens is 258 g/mol. The lowest BCUT2D eigenvalue weighted by atomic mass is 9.97. The molecule has 0 aromatic heterocycles. The topological polar surface area (TPSA) is 12.5 Å². The summed E-state index contributed by atoms with van der Waals surface area (Å²) in [5.41, 5.74) is 2.79. The lowest BCUT2D eigenvalue weighted by molar-refractivity contribution is 0.413. The predicted octanol–water partition coefficient (Wildman–Crippen LogP) is 4.54. The molecule has 0 saturated carbocycles. The van der Waals surface area contributed by atoms with Gasteiger partial charge in [0.25, 0.3) is 0 Å². The number of ether oxygens (including phenoxy) is 1. The van der Waals surface area contributed by atoms with Gasteiger partial charge in [0.1, 0.15) is 5.75 Å². The summed E-state index contributed by atoms with van der Waals surface area (Å²) in [7, 11) is 1.68. The molecule has 104 valence electrons. The second-order valence-electron chi connectivity index (χ2n) is 5.05. The van der Waals surface area contributed by atoms with Crippen molar-refractivity contribution in [3.05, 3.63) is 41.5 Å². The van der Waals surface area contributed by atoms with Crippen molar-refractivity contribution in [1.82, 2.24) is 4.42 Å². The van der Waals surface area contributed by atoms with Crippen LogP contribution in [0.4, 0.5) is 0 Å². The number of halogens is 1. The van der Waals surface area contributed by atoms with Gasteiger partial charge in [0.05, 0.1) is 7.11 Å². The average molecular weight is 280 g/mol. The van der Waals surface area contributed by atoms with Crippen LogP contribution in [0.2, 0.25) is 0 Å². The molecule has 2 rings (SSSR count). The van der Waals surface area contributed by atoms with Crippen LogP contribution < -0.4 is 4.74 Å². The van der Waals surface area contributed by atoms with E-state index >= 15 is 0 Å². The minimum atomic E-state index is 0.777. The maximum absolute atomic E-state index is 6.28. The highest BCUT2D eigenvalue weighted by Gasteiger charge is 2.07. The molecule has 1 aromatic carbocycles. The van der Waals surface area contributed by atoms with Gasteiger partial charge in [-0.05, 0) is 61.6 Å². The average Bonchev–Trinajstić information content (AvgIpc) is 2.47. The summed E-state index contributed by atoms with van der Waals surface area (Å²) in [6.45, 7) is 1.69. The maximum Gasteiger partial charge on any atom is 0.118 e. The Kier molecular flexibility index (Phi) is 5.74. The van der Waals surface area contributed by atoms with E-state index in [1.807, 2.05) is 16.6 Å². The molecule has 0 heterocycles. The molecule has 1 aliphatic carbocycles. The Morgan fingerprint density at radius 1 is 1.21 bits per heavy atom. The number of nitrogens with zero attached hydrogens (tertiary/aromatic N) is 1. The van der Waals surface area contributed by atoms with Gasteiger partial charge in [-0.15, -0.1) is 0 Å². The van der Waals surface area contributed by atoms with Crippen LogP contribution in [-0.4, -0.2) is 18.1 Å². The standard InChI is InChI=1S/C16H22ClNO/c1-19-16-9-7-15(8-10-16)13-18(17)12-11-14-5-3-2-4-6-14/h5,7-10H,2-4,6,11-13H2,1H3. The number of allylic oxidation sites excluding steroid dienone is 1. The van der Waals surface area contributed by atoms with E-state index < -0.39 is 0 Å². The van der Waals surface area contributed by atoms with Gasteiger partial charge < -0.3 is 4.74 Å². The van der Waals surface area contributed by atoms with E-state index in [4.69, 9.17) is 16.5 Å². The van der Waals surface area contributed by atoms with Crippen LogP contribution in [0.25, 0.3) is 0 Å². The second kappa shape index (κ2) is 7.56. The lowest BCUT2D eigenvalue weighted by Crippen LogP contribution is -2.14. The number of methoxy groups -OCH3 is 1. The van der Waals surface area contributed by atoms with Crippen LogP contribution in [0.15, 0.2) is 35.9 Å². The van der Waals surface area contributed by atoms with Crippen molar-refractivity contribution in [3.63, 3.8) is 0 Å². The first-order valence-corrected chi connectivity index (χ1v) is 7.33. The van der Waals surface area contributed by atoms with Crippen LogP contribution in [0.1, 0.15) is 37.7 Å². The molecule has 19 heavy (non-hydrogen) atoms. The zero-order valence-electron chi connectivity index (χ0n) is 11.6. The molecule has 0 radical (unpaired) electrons. The van der Waals surface area contributed by atoms with Crippen molar-refractivity contribution >= 4 is 11.8 Å². The Morgan fingerprint density at radius 2 is 2.00 bits per heavy atom. The molecule has 0 aliphatic heterocycles. The van der Waals surface area contributed by atoms with E-state index in [2.05, 4.69) is 18.2 Å². The molecule has 0 N–H and O–H groups in total. The fourth-order valence-electron chi connectivity index (χ4n) is 2.40. The number of hydrogen-bond donors (Lipinski definition) is 0. The first-order valence-electron chi connectivity index (χ1n) is 6.99. The zero-order valence-corrected chi connectivity index (χ0v) is 12.3. The third-order valence-electron chi connectivity index (χ3n) is 3.57. The van der Waals surface area contributed by atoms with E-state index in [-0.39, 0.29) is 0 Å². The molecule has 0 unspecified atom stereocenters. The smallest absolute Gasteiger partial charge is 0.118 e. The van der Waals surface area contributed by atoms with Gasteiger partial charge >= 0.3 is 0 Å². The van der Waals surface area contributed by atoms with Crippen molar-refractivity contribution in [1.29, 1.82) is 0 Å². The molecule has 0 amide bonds. The van der Waals surface area contributed by atoms with Gasteiger partial charge in [-0.2, -0.15) is 0 Å². The van der Waals surface area contributed by atoms with Crippen molar-refractivity contribution in [2.75, 3.05) is 13.7 Å². The van der Waals surface area contributed by atoms with Crippen molar-refractivity contribution in [3.8, 4) is 5.75 Å². The van der Waals surface area contributed by atoms with Gasteiger partial charge in [0, 0.05) is 13.1 Å². The molecule has 0 atom stereocenters. The monoisotopic (exact) mass is 279 g/mol. The van der Waals surface area contributed by atoms with Crippen molar-refractivity contribution < 1.29 is 4.74 Å². The third-order valence-corrected chi connectivity index (χ3v) is 3.86. The Morgan fingerprint density at radius 3 is 2.63 bits per heavy atom. The predicted molar refractivity (Wildman–Crippen MR) is 80.4 cm³/mol. The van der Waals surface area contributed by atoms with Crippen LogP contribution in [0.5, 0.6) is 5.75 Å². The highest BCUT2D eigenvalue weighted by Crippen LogP contribution is 2.21. The minimum absolute atomic E-state index is 0.777. The summed E-state index contributed by atoms with van der Waals surface area (Å²) in [5.74, 6) is 0.886. The molecule has 0 fully saturated rings. The molecular formula is C16H22ClNO. The normalized spacial score (nSPS) is 15.4. The fourth-order valence-corrected chi connectivity index (χ4v) is 2.63. The van der Waals surface area contributed by atoms with E-state index in [0.717, 1.165) is 25.3 Å². The van der Waals surface area contributed by atoms with Gasteiger partial charge in [-0.3, -0.25) is 0 Å². The van der Waals surface area contributed by atoms with Gasteiger partial charge in [-0.25, -0.2) is 4.42 Å². The Labute approximate surface area is 121 Å². The molecule has 0 saturated heterocycles. The van der Waals surface area contributed by atoms with E-state index in [0.29, 0.717) is 0 Å². The second-order valence-corrected chi connectivity index (χ2v) is 5.53. The SMILES string of the molecule is COc1ccc(CN(Cl)CCC2=CCCCC2)cc1. The molecule has 3 heteroatoms. The fraction of sp³-hybridized carbons (Fsp3) is 0.500. The highest BCUT2D eigenvalue weighted by atomic mass is 35.5. The first-order chi connectivity index (χ1) is 9.28. The van der Waals surface area contributed by atoms with E-state index in [1.165, 1.54) is 31.2 Å². The van der Waals surface area contributed by atoms with Gasteiger partial charge in [0.2, 0.25) is 0 Å². The van der Waals surface area contributed by atoms with Crippen LogP contribution in [-0.2, 0) is 6.54 Å². The number of rotatable bonds is 6. The van der Waals surface area contributed by atoms with Crippen LogP contribution >= 0.6 is 11.8 Å². The molecule has 0 spiro atoms. The third kappa shape index (κ3) is 4.88. The van der Waals surface area contributed by atoms with Crippen LogP contribution in [0.3, 0.4) is 0 Å². The largest absolute Gasteiger partial charge is 0.497 e. The first kappa shape index (κ1) is 14.4. The van der Waals surface area contributed by atoms with Gasteiger partial charge in [-0.1, -0.05) is 23.8 Å².